The molecular weight excluding hydrogens is 226 g/mol. The van der Waals surface area contributed by atoms with Crippen molar-refractivity contribution in [1.29, 1.82) is 0 Å². The Morgan fingerprint density at radius 3 is 3.11 bits per heavy atom. The van der Waals surface area contributed by atoms with Crippen molar-refractivity contribution in [3.05, 3.63) is 23.0 Å². The molecular formula is C14H21N3O. The molecule has 0 aromatic carbocycles. The molecule has 1 fully saturated rings. The van der Waals surface area contributed by atoms with Crippen molar-refractivity contribution >= 4 is 5.78 Å². The van der Waals surface area contributed by atoms with Crippen molar-refractivity contribution in [1.82, 2.24) is 15.2 Å². The molecule has 0 spiro atoms. The monoisotopic (exact) mass is 247 g/mol. The molecule has 1 unspecified atom stereocenters. The number of carbonyl (C=O) groups excluding carboxylic acids is 1. The Kier molecular flexibility index (Phi) is 3.22. The molecule has 4 nitrogen and oxygen atoms in total. The molecule has 3 rings (SSSR count). The second kappa shape index (κ2) is 4.86. The molecule has 2 aliphatic heterocycles. The van der Waals surface area contributed by atoms with Crippen molar-refractivity contribution in [3.8, 4) is 0 Å². The lowest BCUT2D eigenvalue weighted by Gasteiger charge is -2.20. The predicted molar refractivity (Wildman–Crippen MR) is 70.7 cm³/mol. The molecule has 98 valence electrons. The maximum atomic E-state index is 12.0. The number of nitrogens with zero attached hydrogens (tertiary/aromatic N) is 1. The molecule has 0 radical (unpaired) electrons. The third-order valence-corrected chi connectivity index (χ3v) is 4.08. The van der Waals surface area contributed by atoms with Crippen LogP contribution in [0.15, 0.2) is 6.07 Å². The summed E-state index contributed by atoms with van der Waals surface area (Å²) in [5.41, 5.74) is 3.84. The average molecular weight is 247 g/mol. The van der Waals surface area contributed by atoms with E-state index < -0.39 is 0 Å². The minimum Gasteiger partial charge on any atom is -0.361 e. The summed E-state index contributed by atoms with van der Waals surface area (Å²) in [6.07, 6.45) is 2.96. The zero-order valence-electron chi connectivity index (χ0n) is 11.0. The van der Waals surface area contributed by atoms with Crippen LogP contribution in [-0.4, -0.2) is 42.3 Å². The third kappa shape index (κ3) is 2.22. The smallest absolute Gasteiger partial charge is 0.144 e. The first-order valence-electron chi connectivity index (χ1n) is 6.86. The van der Waals surface area contributed by atoms with E-state index in [1.807, 2.05) is 0 Å². The summed E-state index contributed by atoms with van der Waals surface area (Å²) < 4.78 is 0. The van der Waals surface area contributed by atoms with Gasteiger partial charge < -0.3 is 15.2 Å². The van der Waals surface area contributed by atoms with Crippen LogP contribution in [0.4, 0.5) is 0 Å². The molecule has 1 aromatic rings. The quantitative estimate of drug-likeness (QED) is 0.779. The summed E-state index contributed by atoms with van der Waals surface area (Å²) in [5, 5.41) is 3.31. The molecule has 0 saturated carbocycles. The van der Waals surface area contributed by atoms with E-state index in [0.29, 0.717) is 12.2 Å². The van der Waals surface area contributed by atoms with Gasteiger partial charge in [0.05, 0.1) is 5.92 Å². The van der Waals surface area contributed by atoms with E-state index in [2.05, 4.69) is 28.3 Å². The van der Waals surface area contributed by atoms with Gasteiger partial charge in [-0.15, -0.1) is 0 Å². The molecule has 3 heterocycles. The lowest BCUT2D eigenvalue weighted by Crippen LogP contribution is -2.35. The molecule has 4 heteroatoms. The molecule has 0 bridgehead atoms. The normalized spacial score (nSPS) is 25.8. The summed E-state index contributed by atoms with van der Waals surface area (Å²) in [4.78, 5) is 17.8. The van der Waals surface area contributed by atoms with Gasteiger partial charge in [0.15, 0.2) is 0 Å². The van der Waals surface area contributed by atoms with E-state index in [0.717, 1.165) is 38.3 Å². The van der Waals surface area contributed by atoms with Crippen molar-refractivity contribution in [2.24, 2.45) is 0 Å². The molecule has 0 amide bonds. The number of aromatic amines is 1. The number of hydrogen-bond donors (Lipinski definition) is 2. The first-order chi connectivity index (χ1) is 8.74. The first kappa shape index (κ1) is 11.9. The van der Waals surface area contributed by atoms with Crippen molar-refractivity contribution < 1.29 is 4.79 Å². The number of nitrogens with one attached hydrogen (secondary N) is 2. The summed E-state index contributed by atoms with van der Waals surface area (Å²) in [6.45, 7) is 3.77. The Morgan fingerprint density at radius 1 is 1.39 bits per heavy atom. The molecule has 1 aromatic heterocycles. The highest BCUT2D eigenvalue weighted by Gasteiger charge is 2.26. The van der Waals surface area contributed by atoms with Crippen LogP contribution < -0.4 is 5.32 Å². The summed E-state index contributed by atoms with van der Waals surface area (Å²) >= 11 is 0. The lowest BCUT2D eigenvalue weighted by atomic mass is 9.94. The Bertz CT molecular complexity index is 452. The zero-order valence-corrected chi connectivity index (χ0v) is 11.0. The van der Waals surface area contributed by atoms with E-state index in [9.17, 15) is 4.79 Å². The Hall–Kier alpha value is -1.13. The van der Waals surface area contributed by atoms with Crippen LogP contribution in [0.2, 0.25) is 0 Å². The van der Waals surface area contributed by atoms with Crippen LogP contribution in [0.3, 0.4) is 0 Å². The topological polar surface area (TPSA) is 48.1 Å². The highest BCUT2D eigenvalue weighted by atomic mass is 16.1. The second-order valence-corrected chi connectivity index (χ2v) is 5.54. The Labute approximate surface area is 108 Å². The van der Waals surface area contributed by atoms with Gasteiger partial charge in [-0.2, -0.15) is 0 Å². The second-order valence-electron chi connectivity index (χ2n) is 5.54. The molecule has 2 aliphatic rings. The van der Waals surface area contributed by atoms with E-state index >= 15 is 0 Å². The molecule has 1 atom stereocenters. The number of aryl methyl sites for hydroxylation is 1. The highest BCUT2D eigenvalue weighted by molar-refractivity contribution is 5.86. The SMILES string of the molecule is CN1CCCc2[nH]c(C3CNCCC3=O)cc2C1. The molecule has 0 aliphatic carbocycles. The number of fused-ring (bicyclic) bond motifs is 1. The largest absolute Gasteiger partial charge is 0.361 e. The van der Waals surface area contributed by atoms with Crippen LogP contribution >= 0.6 is 0 Å². The van der Waals surface area contributed by atoms with Gasteiger partial charge in [0.25, 0.3) is 0 Å². The first-order valence-corrected chi connectivity index (χ1v) is 6.86. The van der Waals surface area contributed by atoms with Crippen molar-refractivity contribution in [2.45, 2.75) is 31.7 Å². The van der Waals surface area contributed by atoms with Gasteiger partial charge in [-0.05, 0) is 38.1 Å². The Morgan fingerprint density at radius 2 is 2.28 bits per heavy atom. The maximum absolute atomic E-state index is 12.0. The number of H-pyrrole nitrogens is 1. The van der Waals surface area contributed by atoms with Gasteiger partial charge in [0.2, 0.25) is 0 Å². The number of piperidine rings is 1. The average Bonchev–Trinajstić information content (AvgIpc) is 2.65. The zero-order chi connectivity index (χ0) is 12.5. The minimum atomic E-state index is 0.0379. The fourth-order valence-electron chi connectivity index (χ4n) is 3.04. The van der Waals surface area contributed by atoms with Gasteiger partial charge >= 0.3 is 0 Å². The molecule has 18 heavy (non-hydrogen) atoms. The van der Waals surface area contributed by atoms with Gasteiger partial charge in [0.1, 0.15) is 5.78 Å². The third-order valence-electron chi connectivity index (χ3n) is 4.08. The van der Waals surface area contributed by atoms with Crippen LogP contribution in [0, 0.1) is 0 Å². The summed E-state index contributed by atoms with van der Waals surface area (Å²) in [7, 11) is 2.16. The number of hydrogen-bond acceptors (Lipinski definition) is 3. The van der Waals surface area contributed by atoms with E-state index in [1.165, 1.54) is 17.7 Å². The van der Waals surface area contributed by atoms with Crippen LogP contribution in [0.5, 0.6) is 0 Å². The summed E-state index contributed by atoms with van der Waals surface area (Å²) in [6, 6.07) is 2.22. The maximum Gasteiger partial charge on any atom is 0.144 e. The number of rotatable bonds is 1. The van der Waals surface area contributed by atoms with E-state index in [4.69, 9.17) is 0 Å². The van der Waals surface area contributed by atoms with Gasteiger partial charge in [-0.25, -0.2) is 0 Å². The fourth-order valence-corrected chi connectivity index (χ4v) is 3.04. The molecule has 2 N–H and O–H groups in total. The number of carbonyl (C=O) groups is 1. The number of Topliss-reactive ketones (excluding diaryl/α,β-unsaturated/α-hetero) is 1. The van der Waals surface area contributed by atoms with Gasteiger partial charge in [0, 0.05) is 37.4 Å². The predicted octanol–water partition coefficient (Wildman–Crippen LogP) is 1.04. The Balaban J connectivity index is 1.86. The highest BCUT2D eigenvalue weighted by Crippen LogP contribution is 2.25. The fraction of sp³-hybridized carbons (Fsp3) is 0.643. The number of ketones is 1. The van der Waals surface area contributed by atoms with Gasteiger partial charge in [-0.3, -0.25) is 4.79 Å². The lowest BCUT2D eigenvalue weighted by molar-refractivity contribution is -0.121. The van der Waals surface area contributed by atoms with Crippen LogP contribution in [0.25, 0.3) is 0 Å². The number of aromatic nitrogens is 1. The minimum absolute atomic E-state index is 0.0379. The summed E-state index contributed by atoms with van der Waals surface area (Å²) in [5.74, 6) is 0.412. The molecule has 1 saturated heterocycles. The van der Waals surface area contributed by atoms with E-state index in [1.54, 1.807) is 0 Å². The van der Waals surface area contributed by atoms with Crippen molar-refractivity contribution in [3.63, 3.8) is 0 Å². The standard InChI is InChI=1S/C14H21N3O/c1-17-6-2-3-12-10(9-17)7-13(16-12)11-8-15-5-4-14(11)18/h7,11,15-16H,2-6,8-9H2,1H3. The van der Waals surface area contributed by atoms with Crippen LogP contribution in [-0.2, 0) is 17.8 Å². The van der Waals surface area contributed by atoms with E-state index in [-0.39, 0.29) is 5.92 Å². The van der Waals surface area contributed by atoms with Gasteiger partial charge in [-0.1, -0.05) is 0 Å². The van der Waals surface area contributed by atoms with Crippen molar-refractivity contribution in [2.75, 3.05) is 26.7 Å². The van der Waals surface area contributed by atoms with Crippen LogP contribution in [0.1, 0.15) is 35.7 Å².